The Morgan fingerprint density at radius 1 is 0.946 bits per heavy atom. The van der Waals surface area contributed by atoms with Crippen LogP contribution in [0.15, 0.2) is 47.7 Å². The summed E-state index contributed by atoms with van der Waals surface area (Å²) in [5.74, 6) is 1.79. The second-order valence-corrected chi connectivity index (χ2v) is 9.19. The molecule has 37 heavy (non-hydrogen) atoms. The van der Waals surface area contributed by atoms with Gasteiger partial charge in [0.2, 0.25) is 11.7 Å². The Hall–Kier alpha value is -3.68. The number of para-hydroxylation sites is 2. The van der Waals surface area contributed by atoms with Crippen LogP contribution in [-0.4, -0.2) is 43.5 Å². The van der Waals surface area contributed by atoms with E-state index in [1.807, 2.05) is 47.9 Å². The number of esters is 1. The molecule has 0 saturated heterocycles. The Bertz CT molecular complexity index is 1280. The van der Waals surface area contributed by atoms with Gasteiger partial charge in [0, 0.05) is 11.3 Å². The Morgan fingerprint density at radius 3 is 2.41 bits per heavy atom. The molecule has 1 unspecified atom stereocenters. The molecule has 4 rings (SSSR count). The number of carbonyl (C=O) groups excluding carboxylic acids is 1. The van der Waals surface area contributed by atoms with E-state index in [4.69, 9.17) is 23.9 Å². The smallest absolute Gasteiger partial charge is 0.338 e. The van der Waals surface area contributed by atoms with Crippen LogP contribution in [0.25, 0.3) is 11.0 Å². The predicted molar refractivity (Wildman–Crippen MR) is 145 cm³/mol. The van der Waals surface area contributed by atoms with Crippen molar-refractivity contribution in [1.82, 2.24) is 9.55 Å². The van der Waals surface area contributed by atoms with Crippen molar-refractivity contribution in [2.24, 2.45) is 0 Å². The van der Waals surface area contributed by atoms with Crippen molar-refractivity contribution >= 4 is 23.0 Å². The van der Waals surface area contributed by atoms with Crippen molar-refractivity contribution in [3.8, 4) is 17.2 Å². The number of fused-ring (bicyclic) bond motifs is 3. The van der Waals surface area contributed by atoms with Gasteiger partial charge in [0.1, 0.15) is 0 Å². The zero-order chi connectivity index (χ0) is 26.4. The van der Waals surface area contributed by atoms with Crippen LogP contribution in [0, 0.1) is 0 Å². The highest BCUT2D eigenvalue weighted by Gasteiger charge is 2.37. The van der Waals surface area contributed by atoms with Crippen LogP contribution in [0.5, 0.6) is 17.2 Å². The molecule has 8 nitrogen and oxygen atoms in total. The molecule has 0 aliphatic carbocycles. The average molecular weight is 508 g/mol. The van der Waals surface area contributed by atoms with Crippen LogP contribution in [0.4, 0.5) is 5.95 Å². The molecule has 0 spiro atoms. The Kier molecular flexibility index (Phi) is 8.58. The molecule has 198 valence electrons. The minimum Gasteiger partial charge on any atom is -0.493 e. The first kappa shape index (κ1) is 26.4. The molecule has 1 aliphatic rings. The quantitative estimate of drug-likeness (QED) is 0.229. The van der Waals surface area contributed by atoms with Gasteiger partial charge in [-0.05, 0) is 37.6 Å². The van der Waals surface area contributed by atoms with Gasteiger partial charge in [-0.15, -0.1) is 0 Å². The fourth-order valence-electron chi connectivity index (χ4n) is 4.99. The van der Waals surface area contributed by atoms with E-state index >= 15 is 0 Å². The summed E-state index contributed by atoms with van der Waals surface area (Å²) < 4.78 is 24.9. The van der Waals surface area contributed by atoms with Crippen LogP contribution in [0.1, 0.15) is 64.0 Å². The third kappa shape index (κ3) is 5.24. The molecular weight excluding hydrogens is 470 g/mol. The molecule has 0 radical (unpaired) electrons. The zero-order valence-corrected chi connectivity index (χ0v) is 22.4. The molecule has 0 amide bonds. The highest BCUT2D eigenvalue weighted by molar-refractivity contribution is 5.94. The molecule has 1 aliphatic heterocycles. The number of hydrogen-bond acceptors (Lipinski definition) is 7. The van der Waals surface area contributed by atoms with Crippen molar-refractivity contribution in [3.63, 3.8) is 0 Å². The Morgan fingerprint density at radius 2 is 1.68 bits per heavy atom. The molecule has 1 aromatic heterocycles. The summed E-state index contributed by atoms with van der Waals surface area (Å²) in [5.41, 5.74) is 3.66. The van der Waals surface area contributed by atoms with Crippen molar-refractivity contribution in [3.05, 3.63) is 53.2 Å². The van der Waals surface area contributed by atoms with Gasteiger partial charge in [0.15, 0.2) is 11.5 Å². The van der Waals surface area contributed by atoms with Crippen LogP contribution in [-0.2, 0) is 9.53 Å². The van der Waals surface area contributed by atoms with Gasteiger partial charge in [0.25, 0.3) is 0 Å². The fourth-order valence-corrected chi connectivity index (χ4v) is 4.99. The first-order valence-corrected chi connectivity index (χ1v) is 13.0. The normalized spacial score (nSPS) is 14.8. The number of nitrogens with one attached hydrogen (secondary N) is 1. The number of methoxy groups -OCH3 is 3. The van der Waals surface area contributed by atoms with E-state index in [1.165, 1.54) is 19.3 Å². The van der Waals surface area contributed by atoms with Gasteiger partial charge >= 0.3 is 5.97 Å². The van der Waals surface area contributed by atoms with Crippen molar-refractivity contribution < 1.29 is 23.7 Å². The zero-order valence-electron chi connectivity index (χ0n) is 22.4. The summed E-state index contributed by atoms with van der Waals surface area (Å²) in [4.78, 5) is 18.4. The Balaban J connectivity index is 1.75. The number of imidazole rings is 1. The lowest BCUT2D eigenvalue weighted by Crippen LogP contribution is -2.29. The van der Waals surface area contributed by atoms with Crippen molar-refractivity contribution in [2.75, 3.05) is 33.3 Å². The maximum Gasteiger partial charge on any atom is 0.338 e. The van der Waals surface area contributed by atoms with E-state index in [0.29, 0.717) is 41.1 Å². The number of carbonyl (C=O) groups is 1. The number of aromatic nitrogens is 2. The number of nitrogens with zero attached hydrogens (tertiary/aromatic N) is 2. The largest absolute Gasteiger partial charge is 0.493 e. The lowest BCUT2D eigenvalue weighted by Gasteiger charge is -2.31. The van der Waals surface area contributed by atoms with E-state index in [0.717, 1.165) is 35.9 Å². The third-order valence-electron chi connectivity index (χ3n) is 6.81. The SMILES string of the molecule is CCCCCCCCOC(=O)C1=C(C)Nc2nc3ccccc3n2C1c1ccc(OC)c(OC)c1OC. The van der Waals surface area contributed by atoms with Crippen molar-refractivity contribution in [2.45, 2.75) is 58.4 Å². The van der Waals surface area contributed by atoms with E-state index in [2.05, 4.69) is 12.2 Å². The van der Waals surface area contributed by atoms with Gasteiger partial charge in [-0.25, -0.2) is 9.78 Å². The highest BCUT2D eigenvalue weighted by Crippen LogP contribution is 2.48. The van der Waals surface area contributed by atoms with Crippen LogP contribution in [0.3, 0.4) is 0 Å². The summed E-state index contributed by atoms with van der Waals surface area (Å²) in [6, 6.07) is 11.0. The van der Waals surface area contributed by atoms with E-state index in [9.17, 15) is 4.79 Å². The molecule has 1 atom stereocenters. The maximum atomic E-state index is 13.6. The molecular formula is C29H37N3O5. The van der Waals surface area contributed by atoms with Crippen LogP contribution >= 0.6 is 0 Å². The molecule has 1 N–H and O–H groups in total. The van der Waals surface area contributed by atoms with Crippen molar-refractivity contribution in [1.29, 1.82) is 0 Å². The third-order valence-corrected chi connectivity index (χ3v) is 6.81. The number of benzene rings is 2. The van der Waals surface area contributed by atoms with Gasteiger partial charge in [-0.3, -0.25) is 4.57 Å². The number of ether oxygens (including phenoxy) is 4. The highest BCUT2D eigenvalue weighted by atomic mass is 16.5. The summed E-state index contributed by atoms with van der Waals surface area (Å²) in [6.45, 7) is 4.47. The average Bonchev–Trinajstić information content (AvgIpc) is 3.28. The monoisotopic (exact) mass is 507 g/mol. The van der Waals surface area contributed by atoms with Gasteiger partial charge in [-0.1, -0.05) is 51.2 Å². The summed E-state index contributed by atoms with van der Waals surface area (Å²) >= 11 is 0. The van der Waals surface area contributed by atoms with Gasteiger partial charge in [-0.2, -0.15) is 0 Å². The molecule has 0 fully saturated rings. The molecule has 8 heteroatoms. The molecule has 2 heterocycles. The summed E-state index contributed by atoms with van der Waals surface area (Å²) in [5, 5.41) is 3.33. The minimum absolute atomic E-state index is 0.358. The van der Waals surface area contributed by atoms with Gasteiger partial charge < -0.3 is 24.3 Å². The topological polar surface area (TPSA) is 83.8 Å². The lowest BCUT2D eigenvalue weighted by molar-refractivity contribution is -0.139. The maximum absolute atomic E-state index is 13.6. The van der Waals surface area contributed by atoms with E-state index in [1.54, 1.807) is 21.3 Å². The first-order chi connectivity index (χ1) is 18.0. The number of unbranched alkanes of at least 4 members (excludes halogenated alkanes) is 5. The number of anilines is 1. The predicted octanol–water partition coefficient (Wildman–Crippen LogP) is 6.25. The Labute approximate surface area is 218 Å². The minimum atomic E-state index is -0.546. The summed E-state index contributed by atoms with van der Waals surface area (Å²) in [7, 11) is 4.74. The standard InChI is InChI=1S/C29H37N3O5/c1-6-7-8-9-10-13-18-37-28(33)24-19(2)30-29-31-21-14-11-12-15-22(21)32(29)25(24)20-16-17-23(34-3)27(36-5)26(20)35-4/h11-12,14-17,25H,6-10,13,18H2,1-5H3,(H,30,31). The second-order valence-electron chi connectivity index (χ2n) is 9.19. The number of allylic oxidation sites excluding steroid dienone is 1. The molecule has 0 saturated carbocycles. The summed E-state index contributed by atoms with van der Waals surface area (Å²) in [6.07, 6.45) is 6.72. The van der Waals surface area contributed by atoms with Gasteiger partial charge in [0.05, 0.1) is 50.6 Å². The van der Waals surface area contributed by atoms with E-state index < -0.39 is 6.04 Å². The first-order valence-electron chi connectivity index (χ1n) is 13.0. The lowest BCUT2D eigenvalue weighted by atomic mass is 9.93. The molecule has 3 aromatic rings. The fraction of sp³-hybridized carbons (Fsp3) is 0.448. The van der Waals surface area contributed by atoms with Crippen LogP contribution < -0.4 is 19.5 Å². The van der Waals surface area contributed by atoms with Crippen LogP contribution in [0.2, 0.25) is 0 Å². The number of rotatable bonds is 12. The van der Waals surface area contributed by atoms with E-state index in [-0.39, 0.29) is 5.97 Å². The molecule has 0 bridgehead atoms. The molecule has 2 aromatic carbocycles. The number of hydrogen-bond donors (Lipinski definition) is 1. The second kappa shape index (κ2) is 12.0.